The number of rotatable bonds is 4. The third kappa shape index (κ3) is 2.43. The minimum atomic E-state index is -0.764. The molecule has 0 radical (unpaired) electrons. The zero-order valence-corrected chi connectivity index (χ0v) is 11.7. The molecule has 1 aliphatic heterocycles. The van der Waals surface area contributed by atoms with E-state index < -0.39 is 11.9 Å². The fourth-order valence-electron chi connectivity index (χ4n) is 2.46. The molecule has 1 aromatic rings. The molecule has 100 valence electrons. The molecule has 1 saturated heterocycles. The summed E-state index contributed by atoms with van der Waals surface area (Å²) in [6.07, 6.45) is 0. The molecule has 1 fully saturated rings. The molecule has 3 unspecified atom stereocenters. The molecule has 1 aromatic heterocycles. The molecule has 2 rings (SSSR count). The average molecular weight is 269 g/mol. The summed E-state index contributed by atoms with van der Waals surface area (Å²) in [4.78, 5) is 14.6. The van der Waals surface area contributed by atoms with Crippen molar-refractivity contribution in [2.75, 3.05) is 20.3 Å². The van der Waals surface area contributed by atoms with E-state index in [0.29, 0.717) is 13.2 Å². The monoisotopic (exact) mass is 269 g/mol. The van der Waals surface area contributed by atoms with E-state index in [1.165, 1.54) is 10.4 Å². The third-order valence-corrected chi connectivity index (χ3v) is 4.97. The van der Waals surface area contributed by atoms with Gasteiger partial charge in [0.2, 0.25) is 0 Å². The molecule has 1 aliphatic rings. The normalized spacial score (nSPS) is 25.6. The van der Waals surface area contributed by atoms with Gasteiger partial charge in [-0.25, -0.2) is 0 Å². The van der Waals surface area contributed by atoms with Crippen LogP contribution in [0.2, 0.25) is 0 Å². The lowest BCUT2D eigenvalue weighted by Gasteiger charge is -2.31. The first-order valence-corrected chi connectivity index (χ1v) is 6.96. The smallest absolute Gasteiger partial charge is 0.310 e. The lowest BCUT2D eigenvalue weighted by atomic mass is 10.0. The Kier molecular flexibility index (Phi) is 4.04. The molecule has 3 atom stereocenters. The summed E-state index contributed by atoms with van der Waals surface area (Å²) in [5.74, 6) is -1.18. The number of likely N-dealkylation sites (N-methyl/N-ethyl adjacent to an activating group) is 1. The topological polar surface area (TPSA) is 49.8 Å². The van der Waals surface area contributed by atoms with Crippen molar-refractivity contribution in [1.29, 1.82) is 0 Å². The van der Waals surface area contributed by atoms with Crippen molar-refractivity contribution in [1.82, 2.24) is 4.90 Å². The van der Waals surface area contributed by atoms with Gasteiger partial charge >= 0.3 is 5.97 Å². The second-order valence-electron chi connectivity index (χ2n) is 4.86. The van der Waals surface area contributed by atoms with Crippen LogP contribution in [0.3, 0.4) is 0 Å². The largest absolute Gasteiger partial charge is 0.481 e. The minimum absolute atomic E-state index is 0.0426. The summed E-state index contributed by atoms with van der Waals surface area (Å²) in [7, 11) is 1.99. The number of ether oxygens (including phenoxy) is 1. The van der Waals surface area contributed by atoms with Crippen molar-refractivity contribution in [3.63, 3.8) is 0 Å². The van der Waals surface area contributed by atoms with Gasteiger partial charge in [0, 0.05) is 17.0 Å². The average Bonchev–Trinajstić information content (AvgIpc) is 2.95. The van der Waals surface area contributed by atoms with Crippen LogP contribution < -0.4 is 0 Å². The number of hydrogen-bond donors (Lipinski definition) is 1. The highest BCUT2D eigenvalue weighted by atomic mass is 32.1. The maximum Gasteiger partial charge on any atom is 0.310 e. The number of hydrogen-bond acceptors (Lipinski definition) is 4. The second kappa shape index (κ2) is 5.38. The fourth-order valence-corrected chi connectivity index (χ4v) is 3.50. The molecule has 4 nitrogen and oxygen atoms in total. The van der Waals surface area contributed by atoms with E-state index in [4.69, 9.17) is 4.74 Å². The molecule has 0 aromatic carbocycles. The second-order valence-corrected chi connectivity index (χ2v) is 5.81. The van der Waals surface area contributed by atoms with E-state index in [1.54, 1.807) is 11.3 Å². The number of aryl methyl sites for hydroxylation is 1. The first-order chi connectivity index (χ1) is 8.52. The molecule has 0 amide bonds. The Balaban J connectivity index is 2.13. The number of carbonyl (C=O) groups is 1. The molecule has 18 heavy (non-hydrogen) atoms. The van der Waals surface area contributed by atoms with Gasteiger partial charge in [-0.1, -0.05) is 0 Å². The van der Waals surface area contributed by atoms with Crippen LogP contribution in [0.4, 0.5) is 0 Å². The van der Waals surface area contributed by atoms with Crippen LogP contribution in [0.25, 0.3) is 0 Å². The number of carboxylic acids is 1. The zero-order chi connectivity index (χ0) is 13.3. The molecule has 0 aliphatic carbocycles. The van der Waals surface area contributed by atoms with Crippen LogP contribution in [0.15, 0.2) is 11.4 Å². The summed E-state index contributed by atoms with van der Waals surface area (Å²) in [5.41, 5.74) is 1.27. The number of thiophene rings is 1. The van der Waals surface area contributed by atoms with E-state index in [2.05, 4.69) is 30.2 Å². The summed E-state index contributed by atoms with van der Waals surface area (Å²) >= 11 is 1.72. The standard InChI is InChI=1S/C13H19NO3S/c1-8-4-5-18-12(8)9(2)14(3)11-7-17-6-10(11)13(15)16/h4-5,9-11H,6-7H2,1-3H3,(H,15,16). The lowest BCUT2D eigenvalue weighted by molar-refractivity contribution is -0.143. The van der Waals surface area contributed by atoms with Crippen LogP contribution in [0, 0.1) is 12.8 Å². The van der Waals surface area contributed by atoms with Gasteiger partial charge in [0.25, 0.3) is 0 Å². The van der Waals surface area contributed by atoms with Crippen molar-refractivity contribution >= 4 is 17.3 Å². The molecule has 1 N–H and O–H groups in total. The van der Waals surface area contributed by atoms with Crippen LogP contribution in [0.1, 0.15) is 23.4 Å². The highest BCUT2D eigenvalue weighted by Crippen LogP contribution is 2.31. The minimum Gasteiger partial charge on any atom is -0.481 e. The van der Waals surface area contributed by atoms with Gasteiger partial charge in [-0.2, -0.15) is 0 Å². The molecular formula is C13H19NO3S. The van der Waals surface area contributed by atoms with E-state index in [0.717, 1.165) is 0 Å². The van der Waals surface area contributed by atoms with E-state index in [9.17, 15) is 9.90 Å². The molecule has 0 bridgehead atoms. The summed E-state index contributed by atoms with van der Waals surface area (Å²) < 4.78 is 5.33. The van der Waals surface area contributed by atoms with Crippen molar-refractivity contribution in [3.05, 3.63) is 21.9 Å². The van der Waals surface area contributed by atoms with Crippen molar-refractivity contribution in [2.24, 2.45) is 5.92 Å². The van der Waals surface area contributed by atoms with E-state index in [-0.39, 0.29) is 12.1 Å². The predicted molar refractivity (Wildman–Crippen MR) is 71.0 cm³/mol. The zero-order valence-electron chi connectivity index (χ0n) is 10.9. The molecule has 0 spiro atoms. The molecular weight excluding hydrogens is 250 g/mol. The number of nitrogens with zero attached hydrogens (tertiary/aromatic N) is 1. The lowest BCUT2D eigenvalue weighted by Crippen LogP contribution is -2.41. The third-order valence-electron chi connectivity index (χ3n) is 3.78. The molecule has 5 heteroatoms. The summed E-state index contributed by atoms with van der Waals surface area (Å²) in [6, 6.07) is 2.28. The Morgan fingerprint density at radius 2 is 2.33 bits per heavy atom. The van der Waals surface area contributed by atoms with Crippen LogP contribution in [0.5, 0.6) is 0 Å². The number of carboxylic acid groups (broad SMARTS) is 1. The van der Waals surface area contributed by atoms with Crippen LogP contribution in [-0.4, -0.2) is 42.3 Å². The van der Waals surface area contributed by atoms with E-state index >= 15 is 0 Å². The van der Waals surface area contributed by atoms with Gasteiger partial charge < -0.3 is 9.84 Å². The maximum absolute atomic E-state index is 11.2. The van der Waals surface area contributed by atoms with Crippen LogP contribution >= 0.6 is 11.3 Å². The Bertz CT molecular complexity index is 432. The summed E-state index contributed by atoms with van der Waals surface area (Å²) in [5, 5.41) is 11.3. The Morgan fingerprint density at radius 3 is 2.89 bits per heavy atom. The van der Waals surface area contributed by atoms with Crippen molar-refractivity contribution in [2.45, 2.75) is 25.9 Å². The first kappa shape index (κ1) is 13.5. The van der Waals surface area contributed by atoms with Gasteiger partial charge in [-0.05, 0) is 37.9 Å². The highest BCUT2D eigenvalue weighted by molar-refractivity contribution is 7.10. The highest BCUT2D eigenvalue weighted by Gasteiger charge is 2.38. The van der Waals surface area contributed by atoms with Gasteiger partial charge in [0.05, 0.1) is 19.1 Å². The quantitative estimate of drug-likeness (QED) is 0.910. The number of aliphatic carboxylic acids is 1. The Morgan fingerprint density at radius 1 is 1.61 bits per heavy atom. The van der Waals surface area contributed by atoms with E-state index in [1.807, 2.05) is 7.05 Å². The molecule has 2 heterocycles. The molecule has 0 saturated carbocycles. The van der Waals surface area contributed by atoms with Crippen LogP contribution in [-0.2, 0) is 9.53 Å². The maximum atomic E-state index is 11.2. The van der Waals surface area contributed by atoms with Crippen molar-refractivity contribution < 1.29 is 14.6 Å². The van der Waals surface area contributed by atoms with Gasteiger partial charge in [-0.3, -0.25) is 9.69 Å². The van der Waals surface area contributed by atoms with Gasteiger partial charge in [0.1, 0.15) is 0 Å². The fraction of sp³-hybridized carbons (Fsp3) is 0.615. The van der Waals surface area contributed by atoms with Crippen molar-refractivity contribution in [3.8, 4) is 0 Å². The van der Waals surface area contributed by atoms with Gasteiger partial charge in [0.15, 0.2) is 0 Å². The summed E-state index contributed by atoms with van der Waals surface area (Å²) in [6.45, 7) is 5.04. The SMILES string of the molecule is Cc1ccsc1C(C)N(C)C1COCC1C(=O)O. The first-order valence-electron chi connectivity index (χ1n) is 6.09. The Labute approximate surface area is 111 Å². The van der Waals surface area contributed by atoms with Gasteiger partial charge in [-0.15, -0.1) is 11.3 Å². The Hall–Kier alpha value is -0.910. The predicted octanol–water partition coefficient (Wildman–Crippen LogP) is 2.15.